The Hall–Kier alpha value is -0.340. The second kappa shape index (κ2) is 6.72. The van der Waals surface area contributed by atoms with Crippen LogP contribution in [0.4, 0.5) is 0 Å². The molecule has 0 saturated heterocycles. The van der Waals surface area contributed by atoms with Gasteiger partial charge in [0.25, 0.3) is 0 Å². The Morgan fingerprint density at radius 3 is 2.72 bits per heavy atom. The van der Waals surface area contributed by atoms with Gasteiger partial charge in [0.05, 0.1) is 0 Å². The molecule has 2 rings (SSSR count). The van der Waals surface area contributed by atoms with E-state index in [9.17, 15) is 5.11 Å². The number of aliphatic hydroxyl groups excluding tert-OH is 1. The van der Waals surface area contributed by atoms with Gasteiger partial charge in [0.2, 0.25) is 0 Å². The SMILES string of the molecule is CCCCC1CCC(CO)(Cc2cccs2)CC1. The monoisotopic (exact) mass is 266 g/mol. The minimum Gasteiger partial charge on any atom is -0.396 e. The van der Waals surface area contributed by atoms with Crippen molar-refractivity contribution in [1.82, 2.24) is 0 Å². The fourth-order valence-electron chi connectivity index (χ4n) is 3.24. The van der Waals surface area contributed by atoms with E-state index in [1.165, 1.54) is 49.8 Å². The molecule has 1 aromatic rings. The fraction of sp³-hybridized carbons (Fsp3) is 0.750. The number of hydrogen-bond acceptors (Lipinski definition) is 2. The standard InChI is InChI=1S/C16H26OS/c1-2-3-5-14-7-9-16(13-17,10-8-14)12-15-6-4-11-18-15/h4,6,11,14,17H,2-3,5,7-10,12-13H2,1H3. The summed E-state index contributed by atoms with van der Waals surface area (Å²) < 4.78 is 0. The largest absolute Gasteiger partial charge is 0.396 e. The van der Waals surface area contributed by atoms with Crippen molar-refractivity contribution in [3.05, 3.63) is 22.4 Å². The van der Waals surface area contributed by atoms with Gasteiger partial charge in [-0.3, -0.25) is 0 Å². The Morgan fingerprint density at radius 1 is 1.39 bits per heavy atom. The summed E-state index contributed by atoms with van der Waals surface area (Å²) in [7, 11) is 0. The summed E-state index contributed by atoms with van der Waals surface area (Å²) in [4.78, 5) is 1.44. The van der Waals surface area contributed by atoms with Crippen LogP contribution in [0.5, 0.6) is 0 Å². The fourth-order valence-corrected chi connectivity index (χ4v) is 4.12. The molecule has 0 bridgehead atoms. The van der Waals surface area contributed by atoms with Gasteiger partial charge in [0, 0.05) is 11.5 Å². The molecular weight excluding hydrogens is 240 g/mol. The van der Waals surface area contributed by atoms with E-state index in [0.29, 0.717) is 6.61 Å². The highest BCUT2D eigenvalue weighted by Gasteiger charge is 2.34. The molecule has 0 atom stereocenters. The zero-order valence-corrected chi connectivity index (χ0v) is 12.3. The molecule has 0 radical (unpaired) electrons. The number of aliphatic hydroxyl groups is 1. The smallest absolute Gasteiger partial charge is 0.0490 e. The van der Waals surface area contributed by atoms with Crippen molar-refractivity contribution < 1.29 is 5.11 Å². The normalized spacial score (nSPS) is 28.4. The van der Waals surface area contributed by atoms with E-state index in [2.05, 4.69) is 24.4 Å². The highest BCUT2D eigenvalue weighted by atomic mass is 32.1. The van der Waals surface area contributed by atoms with Gasteiger partial charge in [-0.25, -0.2) is 0 Å². The molecule has 0 aliphatic heterocycles. The average molecular weight is 266 g/mol. The lowest BCUT2D eigenvalue weighted by atomic mass is 9.68. The van der Waals surface area contributed by atoms with Gasteiger partial charge < -0.3 is 5.11 Å². The van der Waals surface area contributed by atoms with E-state index in [0.717, 1.165) is 12.3 Å². The van der Waals surface area contributed by atoms with E-state index < -0.39 is 0 Å². The molecule has 1 aliphatic rings. The maximum absolute atomic E-state index is 9.81. The molecule has 1 aliphatic carbocycles. The third-order valence-electron chi connectivity index (χ3n) is 4.60. The van der Waals surface area contributed by atoms with E-state index in [1.807, 2.05) is 11.3 Å². The van der Waals surface area contributed by atoms with Gasteiger partial charge in [-0.2, -0.15) is 0 Å². The molecule has 1 nitrogen and oxygen atoms in total. The second-order valence-electron chi connectivity index (χ2n) is 6.00. The molecule has 0 aromatic carbocycles. The first-order valence-electron chi connectivity index (χ1n) is 7.41. The van der Waals surface area contributed by atoms with Crippen molar-refractivity contribution in [1.29, 1.82) is 0 Å². The van der Waals surface area contributed by atoms with Crippen LogP contribution in [0.2, 0.25) is 0 Å². The van der Waals surface area contributed by atoms with Crippen molar-refractivity contribution in [2.75, 3.05) is 6.61 Å². The Bertz CT molecular complexity index is 323. The molecular formula is C16H26OS. The summed E-state index contributed by atoms with van der Waals surface area (Å²) in [5, 5.41) is 12.0. The topological polar surface area (TPSA) is 20.2 Å². The molecule has 1 N–H and O–H groups in total. The second-order valence-corrected chi connectivity index (χ2v) is 7.03. The molecule has 18 heavy (non-hydrogen) atoms. The molecule has 1 aromatic heterocycles. The number of thiophene rings is 1. The highest BCUT2D eigenvalue weighted by molar-refractivity contribution is 7.09. The first kappa shape index (κ1) is 14.1. The van der Waals surface area contributed by atoms with Crippen LogP contribution in [-0.4, -0.2) is 11.7 Å². The van der Waals surface area contributed by atoms with Gasteiger partial charge in [-0.05, 0) is 54.9 Å². The van der Waals surface area contributed by atoms with E-state index in [4.69, 9.17) is 0 Å². The first-order valence-corrected chi connectivity index (χ1v) is 8.29. The van der Waals surface area contributed by atoms with Crippen molar-refractivity contribution in [3.8, 4) is 0 Å². The lowest BCUT2D eigenvalue weighted by Gasteiger charge is -2.39. The lowest BCUT2D eigenvalue weighted by molar-refractivity contribution is 0.0628. The lowest BCUT2D eigenvalue weighted by Crippen LogP contribution is -2.33. The van der Waals surface area contributed by atoms with Crippen LogP contribution in [0.15, 0.2) is 17.5 Å². The molecule has 0 amide bonds. The van der Waals surface area contributed by atoms with Crippen LogP contribution in [0, 0.1) is 11.3 Å². The molecule has 1 heterocycles. The maximum Gasteiger partial charge on any atom is 0.0490 e. The van der Waals surface area contributed by atoms with Crippen molar-refractivity contribution in [2.45, 2.75) is 58.3 Å². The molecule has 0 unspecified atom stereocenters. The molecule has 1 saturated carbocycles. The van der Waals surface area contributed by atoms with Crippen LogP contribution < -0.4 is 0 Å². The quantitative estimate of drug-likeness (QED) is 0.794. The molecule has 1 fully saturated rings. The predicted molar refractivity (Wildman–Crippen MR) is 79.0 cm³/mol. The number of rotatable bonds is 6. The predicted octanol–water partition coefficient (Wildman–Crippen LogP) is 4.65. The third-order valence-corrected chi connectivity index (χ3v) is 5.47. The molecule has 102 valence electrons. The molecule has 0 spiro atoms. The molecule has 2 heteroatoms. The van der Waals surface area contributed by atoms with Crippen LogP contribution in [0.3, 0.4) is 0 Å². The van der Waals surface area contributed by atoms with Crippen LogP contribution >= 0.6 is 11.3 Å². The first-order chi connectivity index (χ1) is 8.78. The zero-order chi connectivity index (χ0) is 12.8. The summed E-state index contributed by atoms with van der Waals surface area (Å²) in [6, 6.07) is 4.34. The minimum absolute atomic E-state index is 0.188. The Balaban J connectivity index is 1.87. The Kier molecular flexibility index (Phi) is 5.25. The van der Waals surface area contributed by atoms with Crippen LogP contribution in [-0.2, 0) is 6.42 Å². The van der Waals surface area contributed by atoms with Gasteiger partial charge in [-0.1, -0.05) is 32.3 Å². The summed E-state index contributed by atoms with van der Waals surface area (Å²) in [6.07, 6.45) is 10.3. The van der Waals surface area contributed by atoms with E-state index in [-0.39, 0.29) is 5.41 Å². The zero-order valence-electron chi connectivity index (χ0n) is 11.5. The Morgan fingerprint density at radius 2 is 2.17 bits per heavy atom. The van der Waals surface area contributed by atoms with Gasteiger partial charge in [0.15, 0.2) is 0 Å². The van der Waals surface area contributed by atoms with Crippen molar-refractivity contribution in [2.24, 2.45) is 11.3 Å². The van der Waals surface area contributed by atoms with E-state index in [1.54, 1.807) is 0 Å². The minimum atomic E-state index is 0.188. The summed E-state index contributed by atoms with van der Waals surface area (Å²) in [5.74, 6) is 0.924. The van der Waals surface area contributed by atoms with Crippen molar-refractivity contribution in [3.63, 3.8) is 0 Å². The van der Waals surface area contributed by atoms with Gasteiger partial charge in [0.1, 0.15) is 0 Å². The summed E-state index contributed by atoms with van der Waals surface area (Å²) >= 11 is 1.83. The average Bonchev–Trinajstić information content (AvgIpc) is 2.91. The van der Waals surface area contributed by atoms with Gasteiger partial charge in [-0.15, -0.1) is 11.3 Å². The maximum atomic E-state index is 9.81. The highest BCUT2D eigenvalue weighted by Crippen LogP contribution is 2.43. The van der Waals surface area contributed by atoms with Crippen molar-refractivity contribution >= 4 is 11.3 Å². The summed E-state index contributed by atoms with van der Waals surface area (Å²) in [6.45, 7) is 2.64. The number of unbranched alkanes of at least 4 members (excludes halogenated alkanes) is 1. The Labute approximate surface area is 115 Å². The van der Waals surface area contributed by atoms with Crippen LogP contribution in [0.1, 0.15) is 56.7 Å². The van der Waals surface area contributed by atoms with Crippen LogP contribution in [0.25, 0.3) is 0 Å². The third kappa shape index (κ3) is 3.58. The van der Waals surface area contributed by atoms with Gasteiger partial charge >= 0.3 is 0 Å². The summed E-state index contributed by atoms with van der Waals surface area (Å²) in [5.41, 5.74) is 0.188. The number of hydrogen-bond donors (Lipinski definition) is 1. The van der Waals surface area contributed by atoms with E-state index >= 15 is 0 Å².